The third kappa shape index (κ3) is 6.14. The molecule has 1 aliphatic carbocycles. The van der Waals surface area contributed by atoms with E-state index in [2.05, 4.69) is 46.8 Å². The van der Waals surface area contributed by atoms with Gasteiger partial charge in [0.1, 0.15) is 0 Å². The Morgan fingerprint density at radius 3 is 2.31 bits per heavy atom. The third-order valence-electron chi connectivity index (χ3n) is 5.07. The summed E-state index contributed by atoms with van der Waals surface area (Å²) in [5.74, 6) is 0.998. The molecule has 0 spiro atoms. The summed E-state index contributed by atoms with van der Waals surface area (Å²) in [6.07, 6.45) is 5.11. The maximum atomic E-state index is 12.6. The number of guanidine groups is 1. The highest BCUT2D eigenvalue weighted by molar-refractivity contribution is 14.0. The average Bonchev–Trinajstić information content (AvgIpc) is 3.08. The molecule has 0 heterocycles. The number of benzene rings is 1. The van der Waals surface area contributed by atoms with Crippen molar-refractivity contribution < 1.29 is 4.79 Å². The highest BCUT2D eigenvalue weighted by Crippen LogP contribution is 2.38. The van der Waals surface area contributed by atoms with Crippen LogP contribution in [0.1, 0.15) is 36.8 Å². The molecule has 1 aliphatic rings. The van der Waals surface area contributed by atoms with Gasteiger partial charge >= 0.3 is 0 Å². The Hall–Kier alpha value is -1.31. The standard InChI is InChI=1S/C20H32N4O.HI/c1-16-7-9-17(10-8-16)11-14-22-19(21-2)23-15-20(12-5-6-13-20)18(25)24(3)4;/h7-10H,5-6,11-15H2,1-4H3,(H2,21,22,23);1H. The molecule has 0 aromatic heterocycles. The number of amides is 1. The third-order valence-corrected chi connectivity index (χ3v) is 5.07. The minimum atomic E-state index is -0.280. The zero-order chi connectivity index (χ0) is 18.3. The van der Waals surface area contributed by atoms with E-state index in [0.29, 0.717) is 6.54 Å². The van der Waals surface area contributed by atoms with Crippen LogP contribution >= 0.6 is 24.0 Å². The van der Waals surface area contributed by atoms with E-state index in [1.54, 1.807) is 11.9 Å². The molecule has 0 radical (unpaired) electrons. The largest absolute Gasteiger partial charge is 0.356 e. The van der Waals surface area contributed by atoms with Gasteiger partial charge in [-0.1, -0.05) is 42.7 Å². The van der Waals surface area contributed by atoms with Crippen LogP contribution in [0.4, 0.5) is 0 Å². The van der Waals surface area contributed by atoms with E-state index < -0.39 is 0 Å². The molecule has 6 heteroatoms. The molecule has 5 nitrogen and oxygen atoms in total. The van der Waals surface area contributed by atoms with Gasteiger partial charge in [-0.2, -0.15) is 0 Å². The van der Waals surface area contributed by atoms with Crippen molar-refractivity contribution in [1.29, 1.82) is 0 Å². The summed E-state index contributed by atoms with van der Waals surface area (Å²) in [5, 5.41) is 6.73. The number of nitrogens with zero attached hydrogens (tertiary/aromatic N) is 2. The number of nitrogens with one attached hydrogen (secondary N) is 2. The van der Waals surface area contributed by atoms with E-state index >= 15 is 0 Å². The number of rotatable bonds is 6. The fourth-order valence-electron chi connectivity index (χ4n) is 3.55. The SMILES string of the molecule is CN=C(NCCc1ccc(C)cc1)NCC1(C(=O)N(C)C)CCCC1.I. The molecule has 2 N–H and O–H groups in total. The number of aryl methyl sites for hydroxylation is 1. The monoisotopic (exact) mass is 472 g/mol. The minimum Gasteiger partial charge on any atom is -0.356 e. The summed E-state index contributed by atoms with van der Waals surface area (Å²) in [6, 6.07) is 8.60. The second-order valence-electron chi connectivity index (χ2n) is 7.28. The maximum Gasteiger partial charge on any atom is 0.230 e. The molecule has 1 fully saturated rings. The summed E-state index contributed by atoms with van der Waals surface area (Å²) >= 11 is 0. The van der Waals surface area contributed by atoms with Crippen LogP contribution in [0.15, 0.2) is 29.3 Å². The summed E-state index contributed by atoms with van der Waals surface area (Å²) < 4.78 is 0. The van der Waals surface area contributed by atoms with E-state index in [-0.39, 0.29) is 35.3 Å². The van der Waals surface area contributed by atoms with Crippen molar-refractivity contribution in [3.8, 4) is 0 Å². The van der Waals surface area contributed by atoms with E-state index in [1.807, 2.05) is 14.1 Å². The van der Waals surface area contributed by atoms with Crippen molar-refractivity contribution in [2.45, 2.75) is 39.0 Å². The molecule has 1 aromatic rings. The van der Waals surface area contributed by atoms with Gasteiger partial charge in [0.05, 0.1) is 5.41 Å². The van der Waals surface area contributed by atoms with Crippen LogP contribution < -0.4 is 10.6 Å². The number of carbonyl (C=O) groups is 1. The van der Waals surface area contributed by atoms with Gasteiger partial charge in [-0.05, 0) is 31.7 Å². The highest BCUT2D eigenvalue weighted by Gasteiger charge is 2.42. The van der Waals surface area contributed by atoms with Crippen molar-refractivity contribution in [2.75, 3.05) is 34.2 Å². The van der Waals surface area contributed by atoms with Crippen LogP contribution in [0.25, 0.3) is 0 Å². The average molecular weight is 472 g/mol. The molecule has 1 amide bonds. The first-order valence-electron chi connectivity index (χ1n) is 9.19. The van der Waals surface area contributed by atoms with Crippen LogP contribution in [-0.2, 0) is 11.2 Å². The second kappa shape index (κ2) is 10.7. The Morgan fingerprint density at radius 2 is 1.77 bits per heavy atom. The molecule has 1 saturated carbocycles. The van der Waals surface area contributed by atoms with Crippen LogP contribution in [-0.4, -0.2) is 51.0 Å². The zero-order valence-electron chi connectivity index (χ0n) is 16.5. The second-order valence-corrected chi connectivity index (χ2v) is 7.28. The zero-order valence-corrected chi connectivity index (χ0v) is 18.8. The molecular weight excluding hydrogens is 439 g/mol. The molecule has 0 saturated heterocycles. The van der Waals surface area contributed by atoms with Gasteiger partial charge in [0, 0.05) is 34.2 Å². The van der Waals surface area contributed by atoms with Gasteiger partial charge in [0.15, 0.2) is 5.96 Å². The predicted molar refractivity (Wildman–Crippen MR) is 119 cm³/mol. The Labute approximate surface area is 175 Å². The minimum absolute atomic E-state index is 0. The fraction of sp³-hybridized carbons (Fsp3) is 0.600. The van der Waals surface area contributed by atoms with Gasteiger partial charge in [-0.15, -0.1) is 24.0 Å². The Balaban J connectivity index is 0.00000338. The van der Waals surface area contributed by atoms with Crippen molar-refractivity contribution >= 4 is 35.8 Å². The number of aliphatic imine (C=N–C) groups is 1. The van der Waals surface area contributed by atoms with Gasteiger partial charge in [-0.3, -0.25) is 9.79 Å². The Kier molecular flexibility index (Phi) is 9.39. The van der Waals surface area contributed by atoms with E-state index in [0.717, 1.165) is 44.6 Å². The summed E-state index contributed by atoms with van der Waals surface area (Å²) in [7, 11) is 5.46. The first kappa shape index (κ1) is 22.7. The summed E-state index contributed by atoms with van der Waals surface area (Å²) in [5.41, 5.74) is 2.31. The molecule has 0 unspecified atom stereocenters. The van der Waals surface area contributed by atoms with Gasteiger partial charge in [-0.25, -0.2) is 0 Å². The molecule has 1 aromatic carbocycles. The van der Waals surface area contributed by atoms with Gasteiger partial charge < -0.3 is 15.5 Å². The molecular formula is C20H33IN4O. The van der Waals surface area contributed by atoms with E-state index in [1.165, 1.54) is 11.1 Å². The van der Waals surface area contributed by atoms with Crippen molar-refractivity contribution in [3.63, 3.8) is 0 Å². The lowest BCUT2D eigenvalue weighted by Gasteiger charge is -2.31. The lowest BCUT2D eigenvalue weighted by atomic mass is 9.84. The van der Waals surface area contributed by atoms with Crippen molar-refractivity contribution in [1.82, 2.24) is 15.5 Å². The first-order valence-corrected chi connectivity index (χ1v) is 9.19. The van der Waals surface area contributed by atoms with Crippen LogP contribution in [0.2, 0.25) is 0 Å². The summed E-state index contributed by atoms with van der Waals surface area (Å²) in [6.45, 7) is 3.56. The van der Waals surface area contributed by atoms with E-state index in [4.69, 9.17) is 0 Å². The molecule has 146 valence electrons. The van der Waals surface area contributed by atoms with Crippen LogP contribution in [0.5, 0.6) is 0 Å². The molecule has 0 bridgehead atoms. The van der Waals surface area contributed by atoms with Crippen LogP contribution in [0, 0.1) is 12.3 Å². The van der Waals surface area contributed by atoms with Gasteiger partial charge in [0.2, 0.25) is 5.91 Å². The summed E-state index contributed by atoms with van der Waals surface area (Å²) in [4.78, 5) is 18.6. The van der Waals surface area contributed by atoms with Crippen LogP contribution in [0.3, 0.4) is 0 Å². The van der Waals surface area contributed by atoms with Gasteiger partial charge in [0.25, 0.3) is 0 Å². The van der Waals surface area contributed by atoms with E-state index in [9.17, 15) is 4.79 Å². The Morgan fingerprint density at radius 1 is 1.15 bits per heavy atom. The quantitative estimate of drug-likeness (QED) is 0.380. The fourth-order valence-corrected chi connectivity index (χ4v) is 3.55. The lowest BCUT2D eigenvalue weighted by Crippen LogP contribution is -2.49. The number of hydrogen-bond acceptors (Lipinski definition) is 2. The number of hydrogen-bond donors (Lipinski definition) is 2. The molecule has 2 rings (SSSR count). The normalized spacial score (nSPS) is 15.9. The number of halogens is 1. The molecule has 0 aliphatic heterocycles. The number of carbonyl (C=O) groups excluding carboxylic acids is 1. The topological polar surface area (TPSA) is 56.7 Å². The smallest absolute Gasteiger partial charge is 0.230 e. The lowest BCUT2D eigenvalue weighted by molar-refractivity contribution is -0.138. The molecule has 26 heavy (non-hydrogen) atoms. The van der Waals surface area contributed by atoms with Crippen molar-refractivity contribution in [2.24, 2.45) is 10.4 Å². The molecule has 0 atom stereocenters. The highest BCUT2D eigenvalue weighted by atomic mass is 127. The van der Waals surface area contributed by atoms with Crippen molar-refractivity contribution in [3.05, 3.63) is 35.4 Å². The maximum absolute atomic E-state index is 12.6. The first-order chi connectivity index (χ1) is 12.0. The Bertz CT molecular complexity index is 592. The predicted octanol–water partition coefficient (Wildman–Crippen LogP) is 2.97.